The van der Waals surface area contributed by atoms with Crippen molar-refractivity contribution in [1.82, 2.24) is 9.80 Å². The summed E-state index contributed by atoms with van der Waals surface area (Å²) >= 11 is 0. The maximum atomic E-state index is 11.1. The van der Waals surface area contributed by atoms with Gasteiger partial charge in [0, 0.05) is 26.3 Å². The fourth-order valence-corrected chi connectivity index (χ4v) is 1.23. The van der Waals surface area contributed by atoms with Crippen molar-refractivity contribution >= 4 is 12.1 Å². The molecule has 0 atom stereocenters. The molecule has 100 valence electrons. The Hall–Kier alpha value is -1.54. The highest BCUT2D eigenvalue weighted by molar-refractivity contribution is 5.74. The van der Waals surface area contributed by atoms with Gasteiger partial charge in [-0.25, -0.2) is 9.59 Å². The lowest BCUT2D eigenvalue weighted by Gasteiger charge is -2.28. The maximum absolute atomic E-state index is 11.1. The molecule has 0 saturated heterocycles. The fraction of sp³-hybridized carbons (Fsp3) is 0.778. The highest BCUT2D eigenvalue weighted by atomic mass is 16.3. The monoisotopic (exact) mass is 248 g/mol. The number of urea groups is 2. The Bertz CT molecular complexity index is 225. The molecule has 4 amide bonds. The van der Waals surface area contributed by atoms with Gasteiger partial charge in [0.15, 0.2) is 0 Å². The molecular weight excluding hydrogens is 228 g/mol. The lowest BCUT2D eigenvalue weighted by Crippen LogP contribution is -2.48. The van der Waals surface area contributed by atoms with Gasteiger partial charge in [-0.05, 0) is 12.8 Å². The minimum atomic E-state index is -0.686. The summed E-state index contributed by atoms with van der Waals surface area (Å²) in [6, 6.07) is -1.37. The van der Waals surface area contributed by atoms with Crippen LogP contribution in [-0.2, 0) is 0 Å². The second kappa shape index (κ2) is 8.59. The van der Waals surface area contributed by atoms with E-state index < -0.39 is 12.1 Å². The SMILES string of the molecule is NC(=O)N(CCCO)CN(CCCO)C(N)=O. The van der Waals surface area contributed by atoms with Crippen molar-refractivity contribution in [2.45, 2.75) is 12.8 Å². The zero-order chi connectivity index (χ0) is 13.3. The Balaban J connectivity index is 4.34. The molecule has 8 nitrogen and oxygen atoms in total. The van der Waals surface area contributed by atoms with Gasteiger partial charge in [0.1, 0.15) is 0 Å². The van der Waals surface area contributed by atoms with Crippen LogP contribution in [-0.4, -0.2) is 65.0 Å². The van der Waals surface area contributed by atoms with E-state index in [4.69, 9.17) is 21.7 Å². The quantitative estimate of drug-likeness (QED) is 0.388. The van der Waals surface area contributed by atoms with Crippen molar-refractivity contribution in [2.24, 2.45) is 11.5 Å². The topological polar surface area (TPSA) is 133 Å². The third-order valence-corrected chi connectivity index (χ3v) is 2.14. The Morgan fingerprint density at radius 3 is 1.47 bits per heavy atom. The maximum Gasteiger partial charge on any atom is 0.316 e. The normalized spacial score (nSPS) is 10.0. The van der Waals surface area contributed by atoms with Gasteiger partial charge in [0.25, 0.3) is 0 Å². The first-order valence-corrected chi connectivity index (χ1v) is 5.33. The Morgan fingerprint density at radius 1 is 0.882 bits per heavy atom. The molecule has 0 aromatic carbocycles. The number of carbonyl (C=O) groups excluding carboxylic acids is 2. The molecule has 0 aliphatic carbocycles. The molecule has 0 radical (unpaired) electrons. The molecule has 0 aliphatic heterocycles. The van der Waals surface area contributed by atoms with Crippen molar-refractivity contribution in [3.8, 4) is 0 Å². The lowest BCUT2D eigenvalue weighted by molar-refractivity contribution is 0.142. The van der Waals surface area contributed by atoms with Crippen LogP contribution in [0, 0.1) is 0 Å². The molecule has 0 aliphatic rings. The van der Waals surface area contributed by atoms with Gasteiger partial charge in [0.2, 0.25) is 0 Å². The molecule has 17 heavy (non-hydrogen) atoms. The van der Waals surface area contributed by atoms with Crippen molar-refractivity contribution in [3.63, 3.8) is 0 Å². The summed E-state index contributed by atoms with van der Waals surface area (Å²) < 4.78 is 0. The van der Waals surface area contributed by atoms with E-state index in [1.165, 1.54) is 9.80 Å². The largest absolute Gasteiger partial charge is 0.396 e. The summed E-state index contributed by atoms with van der Waals surface area (Å²) in [5, 5.41) is 17.3. The highest BCUT2D eigenvalue weighted by Gasteiger charge is 2.16. The summed E-state index contributed by atoms with van der Waals surface area (Å²) in [4.78, 5) is 24.6. The van der Waals surface area contributed by atoms with E-state index in [0.717, 1.165) is 0 Å². The third-order valence-electron chi connectivity index (χ3n) is 2.14. The van der Waals surface area contributed by atoms with Gasteiger partial charge < -0.3 is 31.5 Å². The van der Waals surface area contributed by atoms with Gasteiger partial charge >= 0.3 is 12.1 Å². The van der Waals surface area contributed by atoms with Gasteiger partial charge in [-0.3, -0.25) is 0 Å². The van der Waals surface area contributed by atoms with Gasteiger partial charge in [0.05, 0.1) is 6.67 Å². The number of nitrogens with zero attached hydrogens (tertiary/aromatic N) is 2. The summed E-state index contributed by atoms with van der Waals surface area (Å²) in [6.45, 7) is 0.308. The van der Waals surface area contributed by atoms with E-state index in [0.29, 0.717) is 12.8 Å². The summed E-state index contributed by atoms with van der Waals surface area (Å²) in [5.74, 6) is 0. The van der Waals surface area contributed by atoms with Crippen molar-refractivity contribution < 1.29 is 19.8 Å². The Kier molecular flexibility index (Phi) is 7.82. The zero-order valence-corrected chi connectivity index (χ0v) is 9.71. The van der Waals surface area contributed by atoms with E-state index in [2.05, 4.69) is 0 Å². The summed E-state index contributed by atoms with van der Waals surface area (Å²) in [6.07, 6.45) is 0.741. The van der Waals surface area contributed by atoms with Gasteiger partial charge in [-0.15, -0.1) is 0 Å². The Morgan fingerprint density at radius 2 is 1.24 bits per heavy atom. The number of nitrogens with two attached hydrogens (primary N) is 2. The average molecular weight is 248 g/mol. The number of aliphatic hydroxyl groups is 2. The van der Waals surface area contributed by atoms with Crippen LogP contribution in [0.3, 0.4) is 0 Å². The molecule has 0 bridgehead atoms. The van der Waals surface area contributed by atoms with Crippen LogP contribution in [0.1, 0.15) is 12.8 Å². The van der Waals surface area contributed by atoms with Crippen LogP contribution < -0.4 is 11.5 Å². The van der Waals surface area contributed by atoms with E-state index in [9.17, 15) is 9.59 Å². The highest BCUT2D eigenvalue weighted by Crippen LogP contribution is 1.98. The van der Waals surface area contributed by atoms with E-state index in [-0.39, 0.29) is 33.0 Å². The number of primary amides is 2. The Labute approximate surface area is 99.8 Å². The van der Waals surface area contributed by atoms with E-state index in [1.54, 1.807) is 0 Å². The second-order valence-electron chi connectivity index (χ2n) is 3.50. The van der Waals surface area contributed by atoms with Crippen molar-refractivity contribution in [1.29, 1.82) is 0 Å². The summed E-state index contributed by atoms with van der Waals surface area (Å²) in [7, 11) is 0. The van der Waals surface area contributed by atoms with Gasteiger partial charge in [-0.2, -0.15) is 0 Å². The lowest BCUT2D eigenvalue weighted by atomic mass is 10.4. The van der Waals surface area contributed by atoms with Gasteiger partial charge in [-0.1, -0.05) is 0 Å². The molecule has 8 heteroatoms. The predicted molar refractivity (Wildman–Crippen MR) is 60.9 cm³/mol. The fourth-order valence-electron chi connectivity index (χ4n) is 1.23. The van der Waals surface area contributed by atoms with Crippen LogP contribution in [0.15, 0.2) is 0 Å². The first kappa shape index (κ1) is 15.5. The first-order valence-electron chi connectivity index (χ1n) is 5.33. The van der Waals surface area contributed by atoms with E-state index >= 15 is 0 Å². The molecule has 0 fully saturated rings. The average Bonchev–Trinajstić information content (AvgIpc) is 2.27. The molecule has 0 rings (SSSR count). The first-order chi connectivity index (χ1) is 8.02. The number of hydrogen-bond donors (Lipinski definition) is 4. The molecule has 0 unspecified atom stereocenters. The van der Waals surface area contributed by atoms with Crippen molar-refractivity contribution in [3.05, 3.63) is 0 Å². The summed E-state index contributed by atoms with van der Waals surface area (Å²) in [5.41, 5.74) is 10.3. The smallest absolute Gasteiger partial charge is 0.316 e. The predicted octanol–water partition coefficient (Wildman–Crippen LogP) is -1.53. The minimum absolute atomic E-state index is 0.0370. The minimum Gasteiger partial charge on any atom is -0.396 e. The van der Waals surface area contributed by atoms with Crippen LogP contribution in [0.25, 0.3) is 0 Å². The number of hydrogen-bond acceptors (Lipinski definition) is 4. The third kappa shape index (κ3) is 6.59. The standard InChI is InChI=1S/C9H20N4O4/c10-8(16)12(3-1-5-14)7-13(9(11)17)4-2-6-15/h14-15H,1-7H2,(H2,10,16)(H2,11,17). The molecule has 6 N–H and O–H groups in total. The number of carbonyl (C=O) groups is 2. The zero-order valence-electron chi connectivity index (χ0n) is 9.71. The molecule has 0 aromatic rings. The van der Waals surface area contributed by atoms with E-state index in [1.807, 2.05) is 0 Å². The van der Waals surface area contributed by atoms with Crippen molar-refractivity contribution in [2.75, 3.05) is 33.0 Å². The van der Waals surface area contributed by atoms with Crippen LogP contribution in [0.5, 0.6) is 0 Å². The van der Waals surface area contributed by atoms with Crippen LogP contribution in [0.4, 0.5) is 9.59 Å². The second-order valence-corrected chi connectivity index (χ2v) is 3.50. The number of aliphatic hydroxyl groups excluding tert-OH is 2. The number of rotatable bonds is 8. The van der Waals surface area contributed by atoms with Crippen LogP contribution >= 0.6 is 0 Å². The molecular formula is C9H20N4O4. The molecule has 0 spiro atoms. The molecule has 0 aromatic heterocycles. The molecule has 0 saturated carbocycles. The number of amides is 4. The van der Waals surface area contributed by atoms with Crippen LogP contribution in [0.2, 0.25) is 0 Å². The molecule has 0 heterocycles.